The van der Waals surface area contributed by atoms with Gasteiger partial charge in [-0.2, -0.15) is 0 Å². The van der Waals surface area contributed by atoms with E-state index >= 15 is 0 Å². The Morgan fingerprint density at radius 3 is 1.77 bits per heavy atom. The Hall–Kier alpha value is -8.13. The van der Waals surface area contributed by atoms with Crippen LogP contribution >= 0.6 is 11.3 Å². The molecule has 14 aromatic rings. The Kier molecular flexibility index (Phi) is 6.89. The number of furan rings is 2. The van der Waals surface area contributed by atoms with Crippen molar-refractivity contribution in [2.24, 2.45) is 0 Å². The summed E-state index contributed by atoms with van der Waals surface area (Å²) in [6.07, 6.45) is 0. The van der Waals surface area contributed by atoms with E-state index < -0.39 is 0 Å². The molecular formula is C55H30N4O2S. The van der Waals surface area contributed by atoms with Gasteiger partial charge < -0.3 is 13.4 Å². The van der Waals surface area contributed by atoms with Gasteiger partial charge in [-0.25, -0.2) is 15.0 Å². The maximum atomic E-state index is 6.94. The number of para-hydroxylation sites is 3. The Bertz CT molecular complexity index is 4060. The van der Waals surface area contributed by atoms with E-state index in [9.17, 15) is 0 Å². The van der Waals surface area contributed by atoms with Gasteiger partial charge in [0, 0.05) is 69.2 Å². The molecule has 5 aromatic heterocycles. The van der Waals surface area contributed by atoms with Gasteiger partial charge in [-0.3, -0.25) is 0 Å². The normalized spacial score (nSPS) is 12.2. The summed E-state index contributed by atoms with van der Waals surface area (Å²) in [6, 6.07) is 63.8. The van der Waals surface area contributed by atoms with Crippen LogP contribution in [0.25, 0.3) is 136 Å². The highest BCUT2D eigenvalue weighted by Crippen LogP contribution is 2.44. The highest BCUT2D eigenvalue weighted by atomic mass is 32.1. The van der Waals surface area contributed by atoms with Crippen molar-refractivity contribution in [2.75, 3.05) is 0 Å². The maximum absolute atomic E-state index is 6.94. The van der Waals surface area contributed by atoms with E-state index in [1.807, 2.05) is 30.3 Å². The summed E-state index contributed by atoms with van der Waals surface area (Å²) >= 11 is 1.78. The fraction of sp³-hybridized carbons (Fsp3) is 0. The highest BCUT2D eigenvalue weighted by Gasteiger charge is 2.25. The SMILES string of the molecule is c1ccc2cc3c(cc2c1)c1ccccc1n3-c1c(-c2nc(-c3ccc4c(c3)oc3ccccc34)nc(-c3ccc4c(c3)sc3ccccc34)n2)ccc2c1oc1ccccc12. The van der Waals surface area contributed by atoms with E-state index in [-0.39, 0.29) is 0 Å². The minimum absolute atomic E-state index is 0.537. The van der Waals surface area contributed by atoms with Crippen LogP contribution in [0.1, 0.15) is 0 Å². The molecule has 0 saturated heterocycles. The number of hydrogen-bond donors (Lipinski definition) is 0. The molecule has 7 heteroatoms. The topological polar surface area (TPSA) is 69.9 Å². The second kappa shape index (κ2) is 12.7. The third-order valence-electron chi connectivity index (χ3n) is 12.4. The average molecular weight is 811 g/mol. The molecule has 0 amide bonds. The van der Waals surface area contributed by atoms with Crippen LogP contribution in [0, 0.1) is 0 Å². The molecular weight excluding hydrogens is 781 g/mol. The third-order valence-corrected chi connectivity index (χ3v) is 13.6. The number of fused-ring (bicyclic) bond motifs is 13. The quantitative estimate of drug-likeness (QED) is 0.177. The van der Waals surface area contributed by atoms with Crippen molar-refractivity contribution >= 4 is 108 Å². The van der Waals surface area contributed by atoms with E-state index in [1.165, 1.54) is 25.6 Å². The molecule has 5 heterocycles. The zero-order valence-corrected chi connectivity index (χ0v) is 33.7. The second-order valence-corrected chi connectivity index (χ2v) is 17.0. The lowest BCUT2D eigenvalue weighted by Gasteiger charge is -2.15. The standard InChI is InChI=1S/C55H30N4O2S/c1-2-12-32-28-45-43(27-31(32)11-1)35-13-3-7-17-44(35)59(45)51-42(26-25-41-37-15-5-9-19-47(37)61-52(41)51)55-57-53(33-21-23-38-36-14-4-8-18-46(36)60-48(38)29-33)56-54(58-55)34-22-24-40-39-16-6-10-20-49(39)62-50(40)30-34/h1-30H. The van der Waals surface area contributed by atoms with E-state index in [0.717, 1.165) is 93.4 Å². The first kappa shape index (κ1) is 33.7. The molecule has 0 saturated carbocycles. The van der Waals surface area contributed by atoms with Crippen molar-refractivity contribution < 1.29 is 8.83 Å². The highest BCUT2D eigenvalue weighted by molar-refractivity contribution is 7.25. The zero-order chi connectivity index (χ0) is 40.5. The van der Waals surface area contributed by atoms with E-state index in [4.69, 9.17) is 23.8 Å². The van der Waals surface area contributed by atoms with Crippen LogP contribution in [-0.4, -0.2) is 19.5 Å². The molecule has 14 rings (SSSR count). The van der Waals surface area contributed by atoms with Gasteiger partial charge in [-0.05, 0) is 77.5 Å². The van der Waals surface area contributed by atoms with E-state index in [2.05, 4.69) is 156 Å². The van der Waals surface area contributed by atoms with Crippen LogP contribution < -0.4 is 0 Å². The lowest BCUT2D eigenvalue weighted by atomic mass is 10.0. The van der Waals surface area contributed by atoms with Gasteiger partial charge in [-0.1, -0.05) is 115 Å². The van der Waals surface area contributed by atoms with Gasteiger partial charge in [0.2, 0.25) is 0 Å². The molecule has 0 bridgehead atoms. The number of thiophene rings is 1. The fourth-order valence-corrected chi connectivity index (χ4v) is 10.7. The summed E-state index contributed by atoms with van der Waals surface area (Å²) in [5, 5.41) is 11.3. The van der Waals surface area contributed by atoms with Crippen molar-refractivity contribution in [1.29, 1.82) is 0 Å². The molecule has 0 aliphatic heterocycles. The van der Waals surface area contributed by atoms with Crippen molar-refractivity contribution in [3.63, 3.8) is 0 Å². The van der Waals surface area contributed by atoms with Crippen LogP contribution in [0.5, 0.6) is 0 Å². The van der Waals surface area contributed by atoms with Crippen molar-refractivity contribution in [3.8, 4) is 39.9 Å². The monoisotopic (exact) mass is 810 g/mol. The van der Waals surface area contributed by atoms with Crippen molar-refractivity contribution in [3.05, 3.63) is 182 Å². The van der Waals surface area contributed by atoms with Crippen LogP contribution in [0.4, 0.5) is 0 Å². The minimum atomic E-state index is 0.537. The number of rotatable bonds is 4. The number of hydrogen-bond acceptors (Lipinski definition) is 6. The molecule has 0 atom stereocenters. The number of nitrogens with zero attached hydrogens (tertiary/aromatic N) is 4. The van der Waals surface area contributed by atoms with Crippen molar-refractivity contribution in [1.82, 2.24) is 19.5 Å². The first-order valence-corrected chi connectivity index (χ1v) is 21.5. The van der Waals surface area contributed by atoms with Crippen LogP contribution in [-0.2, 0) is 0 Å². The maximum Gasteiger partial charge on any atom is 0.166 e. The van der Waals surface area contributed by atoms with E-state index in [0.29, 0.717) is 17.5 Å². The van der Waals surface area contributed by atoms with Crippen molar-refractivity contribution in [2.45, 2.75) is 0 Å². The molecule has 0 spiro atoms. The molecule has 0 aliphatic rings. The fourth-order valence-electron chi connectivity index (χ4n) is 9.56. The summed E-state index contributed by atoms with van der Waals surface area (Å²) in [7, 11) is 0. The summed E-state index contributed by atoms with van der Waals surface area (Å²) in [6.45, 7) is 0. The molecule has 0 radical (unpaired) electrons. The smallest absolute Gasteiger partial charge is 0.166 e. The molecule has 0 aliphatic carbocycles. The largest absolute Gasteiger partial charge is 0.456 e. The molecule has 62 heavy (non-hydrogen) atoms. The number of aromatic nitrogens is 4. The molecule has 0 N–H and O–H groups in total. The lowest BCUT2D eigenvalue weighted by Crippen LogP contribution is -2.04. The van der Waals surface area contributed by atoms with Gasteiger partial charge in [0.1, 0.15) is 22.4 Å². The molecule has 6 nitrogen and oxygen atoms in total. The van der Waals surface area contributed by atoms with Gasteiger partial charge in [0.15, 0.2) is 23.1 Å². The predicted octanol–water partition coefficient (Wildman–Crippen LogP) is 15.3. The molecule has 288 valence electrons. The first-order valence-electron chi connectivity index (χ1n) is 20.7. The molecule has 0 unspecified atom stereocenters. The molecule has 9 aromatic carbocycles. The van der Waals surface area contributed by atoms with Gasteiger partial charge in [-0.15, -0.1) is 11.3 Å². The predicted molar refractivity (Wildman–Crippen MR) is 255 cm³/mol. The lowest BCUT2D eigenvalue weighted by molar-refractivity contribution is 0.666. The summed E-state index contributed by atoms with van der Waals surface area (Å²) < 4.78 is 18.1. The zero-order valence-electron chi connectivity index (χ0n) is 32.8. The second-order valence-electron chi connectivity index (χ2n) is 15.9. The van der Waals surface area contributed by atoms with Gasteiger partial charge >= 0.3 is 0 Å². The Morgan fingerprint density at radius 2 is 0.952 bits per heavy atom. The minimum Gasteiger partial charge on any atom is -0.456 e. The van der Waals surface area contributed by atoms with Gasteiger partial charge in [0.05, 0.1) is 11.0 Å². The molecule has 0 fully saturated rings. The van der Waals surface area contributed by atoms with Crippen LogP contribution in [0.3, 0.4) is 0 Å². The first-order chi connectivity index (χ1) is 30.7. The Labute approximate surface area is 356 Å². The Morgan fingerprint density at radius 1 is 0.371 bits per heavy atom. The summed E-state index contributed by atoms with van der Waals surface area (Å²) in [5.74, 6) is 1.67. The average Bonchev–Trinajstić information content (AvgIpc) is 4.09. The number of benzene rings is 9. The summed E-state index contributed by atoms with van der Waals surface area (Å²) in [5.41, 5.74) is 8.77. The van der Waals surface area contributed by atoms with Crippen LogP contribution in [0.15, 0.2) is 191 Å². The van der Waals surface area contributed by atoms with E-state index in [1.54, 1.807) is 11.3 Å². The Balaban J connectivity index is 1.09. The van der Waals surface area contributed by atoms with Crippen LogP contribution in [0.2, 0.25) is 0 Å². The van der Waals surface area contributed by atoms with Gasteiger partial charge in [0.25, 0.3) is 0 Å². The summed E-state index contributed by atoms with van der Waals surface area (Å²) in [4.78, 5) is 16.0. The third kappa shape index (κ3) is 4.88.